The molecule has 0 bridgehead atoms. The highest BCUT2D eigenvalue weighted by Crippen LogP contribution is 2.18. The molecule has 1 unspecified atom stereocenters. The molecule has 0 saturated carbocycles. The molecule has 0 aromatic carbocycles. The molecular formula is C60H114O6. The van der Waals surface area contributed by atoms with E-state index in [1.54, 1.807) is 0 Å². The van der Waals surface area contributed by atoms with Crippen molar-refractivity contribution in [2.45, 2.75) is 341 Å². The van der Waals surface area contributed by atoms with Crippen molar-refractivity contribution >= 4 is 17.9 Å². The molecule has 1 atom stereocenters. The van der Waals surface area contributed by atoms with Gasteiger partial charge in [0.15, 0.2) is 6.10 Å². The van der Waals surface area contributed by atoms with Gasteiger partial charge in [-0.2, -0.15) is 0 Å². The van der Waals surface area contributed by atoms with E-state index in [1.807, 2.05) is 0 Å². The van der Waals surface area contributed by atoms with Gasteiger partial charge < -0.3 is 14.2 Å². The summed E-state index contributed by atoms with van der Waals surface area (Å²) in [5, 5.41) is 0. The van der Waals surface area contributed by atoms with Gasteiger partial charge in [-0.25, -0.2) is 0 Å². The average molecular weight is 932 g/mol. The standard InChI is InChI=1S/C60H114O6/c1-4-7-10-13-16-19-22-24-26-28-30-32-34-36-38-41-44-47-50-53-59(62)65-56-57(55-64-58(61)52-49-46-43-40-21-18-15-12-9-6-3)66-60(63)54-51-48-45-42-39-37-35-33-31-29-27-25-23-20-17-14-11-8-5-2/h12,15,57H,4-11,13-14,16-56H2,1-3H3/b15-12-. The maximum Gasteiger partial charge on any atom is 0.306 e. The number of carbonyl (C=O) groups excluding carboxylic acids is 3. The summed E-state index contributed by atoms with van der Waals surface area (Å²) in [7, 11) is 0. The first-order valence-corrected chi connectivity index (χ1v) is 29.7. The molecule has 6 heteroatoms. The second-order valence-corrected chi connectivity index (χ2v) is 20.3. The predicted molar refractivity (Wildman–Crippen MR) is 284 cm³/mol. The van der Waals surface area contributed by atoms with Crippen molar-refractivity contribution < 1.29 is 28.6 Å². The Labute approximate surface area is 411 Å². The van der Waals surface area contributed by atoms with Crippen molar-refractivity contribution in [3.8, 4) is 0 Å². The lowest BCUT2D eigenvalue weighted by Gasteiger charge is -2.18. The van der Waals surface area contributed by atoms with Crippen LogP contribution >= 0.6 is 0 Å². The fraction of sp³-hybridized carbons (Fsp3) is 0.917. The van der Waals surface area contributed by atoms with Crippen molar-refractivity contribution in [2.75, 3.05) is 13.2 Å². The lowest BCUT2D eigenvalue weighted by molar-refractivity contribution is -0.167. The van der Waals surface area contributed by atoms with Crippen LogP contribution in [-0.2, 0) is 28.6 Å². The van der Waals surface area contributed by atoms with E-state index in [0.717, 1.165) is 70.6 Å². The van der Waals surface area contributed by atoms with Crippen LogP contribution in [0.25, 0.3) is 0 Å². The summed E-state index contributed by atoms with van der Waals surface area (Å²) in [5.74, 6) is -0.853. The third-order valence-corrected chi connectivity index (χ3v) is 13.5. The van der Waals surface area contributed by atoms with Gasteiger partial charge in [0.1, 0.15) is 13.2 Å². The summed E-state index contributed by atoms with van der Waals surface area (Å²) < 4.78 is 16.9. The van der Waals surface area contributed by atoms with Gasteiger partial charge in [0.05, 0.1) is 0 Å². The minimum atomic E-state index is -0.767. The van der Waals surface area contributed by atoms with E-state index in [2.05, 4.69) is 32.9 Å². The molecule has 0 aliphatic rings. The molecule has 0 amide bonds. The van der Waals surface area contributed by atoms with E-state index in [0.29, 0.717) is 19.3 Å². The molecule has 0 rings (SSSR count). The average Bonchev–Trinajstić information content (AvgIpc) is 3.31. The van der Waals surface area contributed by atoms with Crippen molar-refractivity contribution in [1.29, 1.82) is 0 Å². The number of ether oxygens (including phenoxy) is 3. The topological polar surface area (TPSA) is 78.9 Å². The quantitative estimate of drug-likeness (QED) is 0.0262. The maximum atomic E-state index is 12.8. The van der Waals surface area contributed by atoms with E-state index in [9.17, 15) is 14.4 Å². The Bertz CT molecular complexity index is 1020. The molecular weight excluding hydrogens is 817 g/mol. The molecule has 6 nitrogen and oxygen atoms in total. The van der Waals surface area contributed by atoms with Crippen LogP contribution in [0.5, 0.6) is 0 Å². The zero-order valence-corrected chi connectivity index (χ0v) is 44.7. The summed E-state index contributed by atoms with van der Waals surface area (Å²) in [6.45, 7) is 6.64. The van der Waals surface area contributed by atoms with Crippen molar-refractivity contribution in [3.05, 3.63) is 12.2 Å². The molecule has 0 aromatic rings. The zero-order valence-electron chi connectivity index (χ0n) is 44.7. The van der Waals surface area contributed by atoms with Gasteiger partial charge >= 0.3 is 17.9 Å². The Morgan fingerprint density at radius 3 is 0.818 bits per heavy atom. The Balaban J connectivity index is 4.22. The predicted octanol–water partition coefficient (Wildman–Crippen LogP) is 19.7. The minimum absolute atomic E-state index is 0.0666. The van der Waals surface area contributed by atoms with Crippen LogP contribution in [0.1, 0.15) is 335 Å². The number of hydrogen-bond acceptors (Lipinski definition) is 6. The van der Waals surface area contributed by atoms with Crippen LogP contribution < -0.4 is 0 Å². The fourth-order valence-electron chi connectivity index (χ4n) is 9.04. The Morgan fingerprint density at radius 2 is 0.530 bits per heavy atom. The van der Waals surface area contributed by atoms with Crippen LogP contribution in [0.2, 0.25) is 0 Å². The van der Waals surface area contributed by atoms with E-state index in [1.165, 1.54) is 225 Å². The SMILES string of the molecule is CCC/C=C\CCCCCCCC(=O)OCC(COC(=O)CCCCCCCCCCCCCCCCCCCCC)OC(=O)CCCCCCCCCCCCCCCCCCCCC. The highest BCUT2D eigenvalue weighted by Gasteiger charge is 2.19. The first-order valence-electron chi connectivity index (χ1n) is 29.7. The van der Waals surface area contributed by atoms with Crippen LogP contribution in [0, 0.1) is 0 Å². The fourth-order valence-corrected chi connectivity index (χ4v) is 9.04. The number of hydrogen-bond donors (Lipinski definition) is 0. The summed E-state index contributed by atoms with van der Waals surface area (Å²) in [4.78, 5) is 38.1. The monoisotopic (exact) mass is 931 g/mol. The zero-order chi connectivity index (χ0) is 47.9. The van der Waals surface area contributed by atoms with E-state index >= 15 is 0 Å². The van der Waals surface area contributed by atoms with Gasteiger partial charge in [-0.3, -0.25) is 14.4 Å². The molecule has 0 fully saturated rings. The maximum absolute atomic E-state index is 12.8. The normalized spacial score (nSPS) is 12.0. The molecule has 0 N–H and O–H groups in total. The second-order valence-electron chi connectivity index (χ2n) is 20.3. The largest absolute Gasteiger partial charge is 0.462 e. The summed E-state index contributed by atoms with van der Waals surface area (Å²) in [6, 6.07) is 0. The molecule has 0 spiro atoms. The van der Waals surface area contributed by atoms with Gasteiger partial charge in [0.2, 0.25) is 0 Å². The minimum Gasteiger partial charge on any atom is -0.462 e. The molecule has 0 aliphatic heterocycles. The third-order valence-electron chi connectivity index (χ3n) is 13.5. The highest BCUT2D eigenvalue weighted by molar-refractivity contribution is 5.71. The second kappa shape index (κ2) is 55.7. The lowest BCUT2D eigenvalue weighted by Crippen LogP contribution is -2.30. The van der Waals surface area contributed by atoms with Crippen LogP contribution in [-0.4, -0.2) is 37.2 Å². The summed E-state index contributed by atoms with van der Waals surface area (Å²) in [5.41, 5.74) is 0. The van der Waals surface area contributed by atoms with Gasteiger partial charge in [-0.1, -0.05) is 290 Å². The number of rotatable bonds is 55. The summed E-state index contributed by atoms with van der Waals surface area (Å²) in [6.07, 6.45) is 63.6. The Morgan fingerprint density at radius 1 is 0.288 bits per heavy atom. The van der Waals surface area contributed by atoms with Gasteiger partial charge in [-0.05, 0) is 38.5 Å². The number of carbonyl (C=O) groups is 3. The lowest BCUT2D eigenvalue weighted by atomic mass is 10.0. The molecule has 0 aliphatic carbocycles. The van der Waals surface area contributed by atoms with Crippen LogP contribution in [0.15, 0.2) is 12.2 Å². The highest BCUT2D eigenvalue weighted by atomic mass is 16.6. The van der Waals surface area contributed by atoms with Crippen molar-refractivity contribution in [1.82, 2.24) is 0 Å². The molecule has 0 aromatic heterocycles. The molecule has 66 heavy (non-hydrogen) atoms. The van der Waals surface area contributed by atoms with Crippen LogP contribution in [0.4, 0.5) is 0 Å². The van der Waals surface area contributed by atoms with Crippen LogP contribution in [0.3, 0.4) is 0 Å². The van der Waals surface area contributed by atoms with E-state index in [4.69, 9.17) is 14.2 Å². The van der Waals surface area contributed by atoms with E-state index < -0.39 is 6.10 Å². The first-order chi connectivity index (χ1) is 32.5. The number of allylic oxidation sites excluding steroid dienone is 2. The summed E-state index contributed by atoms with van der Waals surface area (Å²) >= 11 is 0. The Kier molecular flexibility index (Phi) is 54.2. The molecule has 0 saturated heterocycles. The van der Waals surface area contributed by atoms with Gasteiger partial charge in [0.25, 0.3) is 0 Å². The van der Waals surface area contributed by atoms with Gasteiger partial charge in [0, 0.05) is 19.3 Å². The first kappa shape index (κ1) is 64.2. The number of unbranched alkanes of at least 4 members (excludes halogenated alkanes) is 42. The molecule has 0 radical (unpaired) electrons. The van der Waals surface area contributed by atoms with E-state index in [-0.39, 0.29) is 31.1 Å². The third kappa shape index (κ3) is 53.1. The van der Waals surface area contributed by atoms with Gasteiger partial charge in [-0.15, -0.1) is 0 Å². The van der Waals surface area contributed by atoms with Crippen molar-refractivity contribution in [2.24, 2.45) is 0 Å². The smallest absolute Gasteiger partial charge is 0.306 e. The molecule has 390 valence electrons. The van der Waals surface area contributed by atoms with Crippen molar-refractivity contribution in [3.63, 3.8) is 0 Å². The molecule has 0 heterocycles. The Hall–Kier alpha value is -1.85. The number of esters is 3.